The number of aromatic nitrogens is 1. The van der Waals surface area contributed by atoms with Crippen molar-refractivity contribution in [3.05, 3.63) is 69.1 Å². The fourth-order valence-corrected chi connectivity index (χ4v) is 4.93. The fraction of sp³-hybridized carbons (Fsp3) is 0.571. The molecule has 0 bridgehead atoms. The molecular weight excluding hydrogens is 489 g/mol. The van der Waals surface area contributed by atoms with E-state index in [1.807, 2.05) is 4.90 Å². The number of azide groups is 1. The average molecular weight is 528 g/mol. The number of rotatable bonds is 17. The molecule has 0 aliphatic heterocycles. The van der Waals surface area contributed by atoms with Gasteiger partial charge in [-0.2, -0.15) is 0 Å². The van der Waals surface area contributed by atoms with Crippen LogP contribution in [0.15, 0.2) is 35.4 Å². The summed E-state index contributed by atoms with van der Waals surface area (Å²) in [5, 5.41) is 13.1. The number of ether oxygens (including phenoxy) is 2. The molecule has 1 heterocycles. The van der Waals surface area contributed by atoms with Gasteiger partial charge >= 0.3 is 5.97 Å². The third-order valence-electron chi connectivity index (χ3n) is 6.91. The molecule has 1 aromatic carbocycles. The molecule has 0 amide bonds. The Labute approximate surface area is 223 Å². The van der Waals surface area contributed by atoms with Crippen LogP contribution in [-0.2, 0) is 28.8 Å². The number of aliphatic carboxylic acids is 1. The number of hydrogen-bond acceptors (Lipinski definition) is 6. The maximum absolute atomic E-state index is 14.5. The monoisotopic (exact) mass is 527 g/mol. The molecule has 0 radical (unpaired) electrons. The molecule has 2 aromatic rings. The number of hydrogen-bond donors (Lipinski definition) is 1. The van der Waals surface area contributed by atoms with Crippen molar-refractivity contribution in [2.75, 3.05) is 40.0 Å². The largest absolute Gasteiger partial charge is 0.494 e. The second-order valence-electron chi connectivity index (χ2n) is 9.54. The number of unbranched alkanes of at least 4 members (excludes halogenated alkanes) is 2. The number of carboxylic acids is 1. The number of benzene rings is 1. The lowest BCUT2D eigenvalue weighted by atomic mass is 9.95. The lowest BCUT2D eigenvalue weighted by molar-refractivity contribution is -0.138. The highest BCUT2D eigenvalue weighted by Crippen LogP contribution is 2.29. The topological polar surface area (TPSA) is 121 Å². The van der Waals surface area contributed by atoms with E-state index in [2.05, 4.69) is 22.2 Å². The van der Waals surface area contributed by atoms with Gasteiger partial charge in [-0.25, -0.2) is 4.39 Å². The van der Waals surface area contributed by atoms with Crippen molar-refractivity contribution >= 4 is 5.97 Å². The van der Waals surface area contributed by atoms with E-state index in [-0.39, 0.29) is 25.3 Å². The van der Waals surface area contributed by atoms with E-state index in [0.29, 0.717) is 25.3 Å². The van der Waals surface area contributed by atoms with Gasteiger partial charge in [-0.15, -0.1) is 0 Å². The smallest absolute Gasteiger partial charge is 0.305 e. The van der Waals surface area contributed by atoms with Gasteiger partial charge in [0.1, 0.15) is 0 Å². The molecule has 9 nitrogen and oxygen atoms in total. The number of fused-ring (bicyclic) bond motifs is 1. The van der Waals surface area contributed by atoms with Gasteiger partial charge < -0.3 is 14.6 Å². The molecule has 3 rings (SSSR count). The van der Waals surface area contributed by atoms with E-state index in [4.69, 9.17) is 20.0 Å². The minimum absolute atomic E-state index is 0.117. The van der Waals surface area contributed by atoms with Gasteiger partial charge in [0.15, 0.2) is 11.6 Å². The zero-order valence-corrected chi connectivity index (χ0v) is 22.1. The molecule has 1 atom stereocenters. The molecular formula is C28H38FN5O4. The van der Waals surface area contributed by atoms with E-state index in [1.54, 1.807) is 6.07 Å². The van der Waals surface area contributed by atoms with E-state index in [9.17, 15) is 14.3 Å². The van der Waals surface area contributed by atoms with E-state index in [0.717, 1.165) is 44.2 Å². The van der Waals surface area contributed by atoms with Crippen molar-refractivity contribution in [2.45, 2.75) is 63.8 Å². The van der Waals surface area contributed by atoms with Crippen LogP contribution >= 0.6 is 0 Å². The Hall–Kier alpha value is -3.20. The minimum Gasteiger partial charge on any atom is -0.494 e. The maximum atomic E-state index is 14.5. The summed E-state index contributed by atoms with van der Waals surface area (Å²) in [6.07, 6.45) is 8.22. The first-order chi connectivity index (χ1) is 18.5. The summed E-state index contributed by atoms with van der Waals surface area (Å²) in [5.41, 5.74) is 12.8. The van der Waals surface area contributed by atoms with E-state index < -0.39 is 17.8 Å². The molecule has 0 saturated carbocycles. The van der Waals surface area contributed by atoms with Crippen molar-refractivity contribution in [1.82, 2.24) is 9.88 Å². The fourth-order valence-electron chi connectivity index (χ4n) is 4.93. The van der Waals surface area contributed by atoms with Gasteiger partial charge in [0.05, 0.1) is 26.7 Å². The summed E-state index contributed by atoms with van der Waals surface area (Å²) in [6, 6.07) is 8.45. The van der Waals surface area contributed by atoms with Gasteiger partial charge in [-0.3, -0.25) is 14.7 Å². The van der Waals surface area contributed by atoms with Crippen molar-refractivity contribution in [3.63, 3.8) is 0 Å². The molecule has 0 saturated heterocycles. The third-order valence-corrected chi connectivity index (χ3v) is 6.91. The Morgan fingerprint density at radius 3 is 2.79 bits per heavy atom. The molecule has 10 heteroatoms. The first-order valence-corrected chi connectivity index (χ1v) is 13.4. The van der Waals surface area contributed by atoms with Crippen LogP contribution in [0.3, 0.4) is 0 Å². The number of methoxy groups -OCH3 is 1. The second kappa shape index (κ2) is 15.9. The van der Waals surface area contributed by atoms with Gasteiger partial charge in [-0.05, 0) is 86.3 Å². The number of halogens is 1. The van der Waals surface area contributed by atoms with Crippen LogP contribution in [0, 0.1) is 5.82 Å². The van der Waals surface area contributed by atoms with Gasteiger partial charge in [-0.1, -0.05) is 23.7 Å². The normalized spacial score (nSPS) is 13.6. The maximum Gasteiger partial charge on any atom is 0.305 e. The van der Waals surface area contributed by atoms with Crippen LogP contribution in [0.25, 0.3) is 10.4 Å². The van der Waals surface area contributed by atoms with Gasteiger partial charge in [0.2, 0.25) is 0 Å². The quantitative estimate of drug-likeness (QED) is 0.123. The predicted molar refractivity (Wildman–Crippen MR) is 143 cm³/mol. The number of pyridine rings is 1. The summed E-state index contributed by atoms with van der Waals surface area (Å²) < 4.78 is 25.1. The molecule has 206 valence electrons. The number of nitrogens with zero attached hydrogens (tertiary/aromatic N) is 5. The van der Waals surface area contributed by atoms with Crippen LogP contribution in [0.2, 0.25) is 0 Å². The highest BCUT2D eigenvalue weighted by molar-refractivity contribution is 5.68. The van der Waals surface area contributed by atoms with Crippen LogP contribution < -0.4 is 4.74 Å². The second-order valence-corrected chi connectivity index (χ2v) is 9.54. The molecule has 1 aliphatic rings. The third kappa shape index (κ3) is 9.28. The Kier molecular flexibility index (Phi) is 12.3. The molecule has 38 heavy (non-hydrogen) atoms. The van der Waals surface area contributed by atoms with Crippen LogP contribution in [0.5, 0.6) is 5.75 Å². The Morgan fingerprint density at radius 2 is 2.03 bits per heavy atom. The van der Waals surface area contributed by atoms with Crippen molar-refractivity contribution in [1.29, 1.82) is 0 Å². The van der Waals surface area contributed by atoms with Crippen LogP contribution in [0.1, 0.15) is 67.1 Å². The predicted octanol–water partition coefficient (Wildman–Crippen LogP) is 5.67. The van der Waals surface area contributed by atoms with Crippen molar-refractivity contribution in [3.8, 4) is 5.75 Å². The van der Waals surface area contributed by atoms with E-state index >= 15 is 0 Å². The zero-order chi connectivity index (χ0) is 27.2. The zero-order valence-electron chi connectivity index (χ0n) is 22.1. The summed E-state index contributed by atoms with van der Waals surface area (Å²) in [5.74, 6) is -1.37. The van der Waals surface area contributed by atoms with Crippen molar-refractivity contribution < 1.29 is 23.8 Å². The summed E-state index contributed by atoms with van der Waals surface area (Å²) >= 11 is 0. The first kappa shape index (κ1) is 29.4. The number of carboxylic acid groups (broad SMARTS) is 1. The number of carbonyl (C=O) groups is 1. The van der Waals surface area contributed by atoms with Crippen LogP contribution in [0.4, 0.5) is 4.39 Å². The lowest BCUT2D eigenvalue weighted by Gasteiger charge is -2.31. The van der Waals surface area contributed by atoms with Gasteiger partial charge in [0.25, 0.3) is 0 Å². The Morgan fingerprint density at radius 1 is 1.18 bits per heavy atom. The highest BCUT2D eigenvalue weighted by Gasteiger charge is 2.24. The standard InChI is InChI=1S/C28H38FN5O4/c1-37-27-13-11-22(19-24(27)29)26(20-28(35)36)34(16-18-38-17-14-31-33-30)15-6-2-3-8-23-12-10-21-7-4-5-9-25(21)32-23/h10-13,19,26H,2-9,14-18,20H2,1H3,(H,35,36)/t26-/m0/s1. The molecule has 1 aliphatic carbocycles. The minimum atomic E-state index is -0.959. The Bertz CT molecular complexity index is 1090. The van der Waals surface area contributed by atoms with Gasteiger partial charge in [0, 0.05) is 35.4 Å². The number of aryl methyl sites for hydroxylation is 3. The molecule has 0 unspecified atom stereocenters. The molecule has 0 spiro atoms. The van der Waals surface area contributed by atoms with Crippen LogP contribution in [-0.4, -0.2) is 60.9 Å². The summed E-state index contributed by atoms with van der Waals surface area (Å²) in [6.45, 7) is 1.97. The first-order valence-electron chi connectivity index (χ1n) is 13.4. The lowest BCUT2D eigenvalue weighted by Crippen LogP contribution is -2.34. The summed E-state index contributed by atoms with van der Waals surface area (Å²) in [4.78, 5) is 21.4. The van der Waals surface area contributed by atoms with Crippen molar-refractivity contribution in [2.24, 2.45) is 5.11 Å². The molecule has 0 fully saturated rings. The highest BCUT2D eigenvalue weighted by atomic mass is 19.1. The molecule has 1 N–H and O–H groups in total. The molecule has 1 aromatic heterocycles. The SMILES string of the molecule is COc1ccc([C@H](CC(=O)O)N(CCCCCc2ccc3c(n2)CCCC3)CCOCCN=[N+]=[N-])cc1F. The summed E-state index contributed by atoms with van der Waals surface area (Å²) in [7, 11) is 1.40. The Balaban J connectivity index is 1.61. The van der Waals surface area contributed by atoms with E-state index in [1.165, 1.54) is 43.3 Å². The average Bonchev–Trinajstić information content (AvgIpc) is 2.92.